The van der Waals surface area contributed by atoms with E-state index in [9.17, 15) is 23.3 Å². The van der Waals surface area contributed by atoms with Crippen molar-refractivity contribution in [3.63, 3.8) is 0 Å². The van der Waals surface area contributed by atoms with Gasteiger partial charge < -0.3 is 0 Å². The highest BCUT2D eigenvalue weighted by molar-refractivity contribution is 7.88. The van der Waals surface area contributed by atoms with Crippen molar-refractivity contribution in [1.82, 2.24) is 4.72 Å². The monoisotopic (exact) mass is 554 g/mol. The number of nitrogens with one attached hydrogen (secondary N) is 1. The lowest BCUT2D eigenvalue weighted by Crippen LogP contribution is -2.66. The minimum Gasteiger partial charge on any atom is -0.295 e. The van der Waals surface area contributed by atoms with Gasteiger partial charge >= 0.3 is 0 Å². The number of nitrogens with zero attached hydrogens (tertiary/aromatic N) is 1. The number of fused-ring (bicyclic) bond motifs is 7. The molecule has 7 heteroatoms. The summed E-state index contributed by atoms with van der Waals surface area (Å²) in [5.74, 6) is 0.770. The zero-order valence-corrected chi connectivity index (χ0v) is 25.8. The fourth-order valence-electron chi connectivity index (χ4n) is 10.6. The van der Waals surface area contributed by atoms with Crippen LogP contribution in [0.2, 0.25) is 0 Å². The molecule has 0 radical (unpaired) electrons. The Morgan fingerprint density at radius 1 is 1.03 bits per heavy atom. The van der Waals surface area contributed by atoms with E-state index in [-0.39, 0.29) is 51.1 Å². The van der Waals surface area contributed by atoms with E-state index in [0.717, 1.165) is 44.1 Å². The molecule has 39 heavy (non-hydrogen) atoms. The minimum absolute atomic E-state index is 0.0251. The topological polar surface area (TPSA) is 104 Å². The Bertz CT molecular complexity index is 1340. The Kier molecular flexibility index (Phi) is 6.35. The number of Topliss-reactive ketones (excluding diaryl/α,β-unsaturated/α-hetero) is 1. The smallest absolute Gasteiger partial charge is 0.208 e. The standard InChI is InChI=1S/C32H46N2O4S/c1-19-9-12-32(18-34-39(8,37)38)14-13-31(7)26(25(32)20(19)2)22(35)15-24-29(5)16-21(17-33)27(36)28(3,4)23(29)10-11-30(24,31)6/h15-16,19-20,23,25-26,34H,9-14,18H2,1-8H3/t19-,20+,23+,25+,26-,29+,30-,31-,32-/m1/s1. The molecular formula is C32H46N2O4S. The van der Waals surface area contributed by atoms with Gasteiger partial charge in [0.1, 0.15) is 6.07 Å². The average Bonchev–Trinajstić information content (AvgIpc) is 2.84. The predicted molar refractivity (Wildman–Crippen MR) is 152 cm³/mol. The molecule has 1 N–H and O–H groups in total. The van der Waals surface area contributed by atoms with Gasteiger partial charge in [0.2, 0.25) is 10.0 Å². The van der Waals surface area contributed by atoms with E-state index in [1.54, 1.807) is 0 Å². The van der Waals surface area contributed by atoms with Crippen molar-refractivity contribution in [3.8, 4) is 6.07 Å². The molecule has 0 unspecified atom stereocenters. The lowest BCUT2D eigenvalue weighted by atomic mass is 9.34. The molecule has 0 heterocycles. The molecule has 3 fully saturated rings. The first-order valence-corrected chi connectivity index (χ1v) is 16.7. The van der Waals surface area contributed by atoms with Gasteiger partial charge in [0.15, 0.2) is 11.6 Å². The molecule has 5 aliphatic carbocycles. The molecule has 214 valence electrons. The Labute approximate surface area is 235 Å². The van der Waals surface area contributed by atoms with Crippen LogP contribution in [-0.2, 0) is 19.6 Å². The summed E-state index contributed by atoms with van der Waals surface area (Å²) >= 11 is 0. The SMILES string of the molecule is C[C@@H]1[C@H]2[C@H]3C(=O)C=C4[C@@]5(C)C=C(C#N)C(=O)C(C)(C)[C@@H]5CC[C@@]4(C)[C@]3(C)CC[C@@]2(CNS(C)(=O)=O)CC[C@H]1C. The number of nitriles is 1. The van der Waals surface area contributed by atoms with Crippen LogP contribution in [-0.4, -0.2) is 32.8 Å². The second-order valence-corrected chi connectivity index (χ2v) is 17.0. The predicted octanol–water partition coefficient (Wildman–Crippen LogP) is 5.61. The van der Waals surface area contributed by atoms with E-state index in [0.29, 0.717) is 18.4 Å². The lowest BCUT2D eigenvalue weighted by Gasteiger charge is -2.69. The maximum Gasteiger partial charge on any atom is 0.208 e. The summed E-state index contributed by atoms with van der Waals surface area (Å²) in [6, 6.07) is 2.17. The van der Waals surface area contributed by atoms with E-state index in [1.165, 1.54) is 6.26 Å². The summed E-state index contributed by atoms with van der Waals surface area (Å²) in [5, 5.41) is 9.89. The number of allylic oxidation sites excluding steroid dienone is 4. The van der Waals surface area contributed by atoms with Crippen molar-refractivity contribution in [2.45, 2.75) is 87.0 Å². The van der Waals surface area contributed by atoms with Gasteiger partial charge in [-0.1, -0.05) is 60.1 Å². The van der Waals surface area contributed by atoms with Gasteiger partial charge in [-0.3, -0.25) is 9.59 Å². The highest BCUT2D eigenvalue weighted by Gasteiger charge is 2.70. The molecule has 0 aromatic heterocycles. The summed E-state index contributed by atoms with van der Waals surface area (Å²) in [6.45, 7) is 15.7. The summed E-state index contributed by atoms with van der Waals surface area (Å²) in [7, 11) is -3.35. The third kappa shape index (κ3) is 3.76. The molecule has 0 aliphatic heterocycles. The number of carbonyl (C=O) groups is 2. The van der Waals surface area contributed by atoms with E-state index >= 15 is 0 Å². The highest BCUT2D eigenvalue weighted by Crippen LogP contribution is 2.74. The first-order chi connectivity index (χ1) is 17.9. The van der Waals surface area contributed by atoms with Crippen LogP contribution in [0.3, 0.4) is 0 Å². The summed E-state index contributed by atoms with van der Waals surface area (Å²) in [5.41, 5.74) is -0.694. The number of rotatable bonds is 3. The maximum atomic E-state index is 14.5. The van der Waals surface area contributed by atoms with Crippen molar-refractivity contribution in [2.75, 3.05) is 12.8 Å². The molecule has 0 amide bonds. The summed E-state index contributed by atoms with van der Waals surface area (Å²) in [4.78, 5) is 27.7. The van der Waals surface area contributed by atoms with Crippen LogP contribution in [0, 0.1) is 68.0 Å². The minimum atomic E-state index is -3.35. The first-order valence-electron chi connectivity index (χ1n) is 14.8. The van der Waals surface area contributed by atoms with Crippen molar-refractivity contribution in [3.05, 3.63) is 23.3 Å². The zero-order valence-electron chi connectivity index (χ0n) is 25.0. The van der Waals surface area contributed by atoms with Gasteiger partial charge in [-0.15, -0.1) is 0 Å². The van der Waals surface area contributed by atoms with Gasteiger partial charge in [-0.25, -0.2) is 13.1 Å². The van der Waals surface area contributed by atoms with E-state index in [2.05, 4.69) is 45.4 Å². The van der Waals surface area contributed by atoms with Crippen LogP contribution in [0.25, 0.3) is 0 Å². The Hall–Kier alpha value is -1.78. The molecule has 5 rings (SSSR count). The molecule has 9 atom stereocenters. The van der Waals surface area contributed by atoms with Crippen LogP contribution in [0.15, 0.2) is 23.3 Å². The first kappa shape index (κ1) is 28.7. The van der Waals surface area contributed by atoms with Crippen LogP contribution >= 0.6 is 0 Å². The van der Waals surface area contributed by atoms with Gasteiger partial charge in [0.05, 0.1) is 11.8 Å². The fourth-order valence-corrected chi connectivity index (χ4v) is 11.1. The molecule has 0 saturated heterocycles. The largest absolute Gasteiger partial charge is 0.295 e. The number of ketones is 2. The van der Waals surface area contributed by atoms with E-state index < -0.39 is 20.9 Å². The van der Waals surface area contributed by atoms with Crippen LogP contribution in [0.4, 0.5) is 0 Å². The van der Waals surface area contributed by atoms with Crippen LogP contribution in [0.1, 0.15) is 87.0 Å². The Balaban J connectivity index is 1.68. The van der Waals surface area contributed by atoms with Crippen molar-refractivity contribution in [2.24, 2.45) is 56.7 Å². The quantitative estimate of drug-likeness (QED) is 0.488. The number of hydrogen-bond acceptors (Lipinski definition) is 5. The second kappa shape index (κ2) is 8.61. The van der Waals surface area contributed by atoms with Crippen molar-refractivity contribution >= 4 is 21.6 Å². The zero-order chi connectivity index (χ0) is 29.0. The van der Waals surface area contributed by atoms with Gasteiger partial charge in [0, 0.05) is 23.3 Å². The van der Waals surface area contributed by atoms with Crippen LogP contribution < -0.4 is 4.72 Å². The third-order valence-electron chi connectivity index (χ3n) is 13.1. The molecule has 0 bridgehead atoms. The average molecular weight is 555 g/mol. The summed E-state index contributed by atoms with van der Waals surface area (Å²) in [6.07, 6.45) is 10.5. The van der Waals surface area contributed by atoms with Gasteiger partial charge in [-0.2, -0.15) is 5.26 Å². The second-order valence-electron chi connectivity index (χ2n) is 15.1. The van der Waals surface area contributed by atoms with Crippen molar-refractivity contribution in [1.29, 1.82) is 5.26 Å². The Morgan fingerprint density at radius 2 is 1.69 bits per heavy atom. The van der Waals surface area contributed by atoms with Gasteiger partial charge in [0.25, 0.3) is 0 Å². The number of carbonyl (C=O) groups excluding carboxylic acids is 2. The normalized spacial score (nSPS) is 47.0. The number of sulfonamides is 1. The molecular weight excluding hydrogens is 508 g/mol. The fraction of sp³-hybridized carbons (Fsp3) is 0.781. The molecule has 5 aliphatic rings. The Morgan fingerprint density at radius 3 is 2.31 bits per heavy atom. The molecule has 0 aromatic rings. The van der Waals surface area contributed by atoms with Crippen LogP contribution in [0.5, 0.6) is 0 Å². The third-order valence-corrected chi connectivity index (χ3v) is 13.8. The molecule has 0 aromatic carbocycles. The summed E-state index contributed by atoms with van der Waals surface area (Å²) < 4.78 is 27.2. The van der Waals surface area contributed by atoms with Gasteiger partial charge in [-0.05, 0) is 84.5 Å². The molecule has 6 nitrogen and oxygen atoms in total. The number of hydrogen-bond donors (Lipinski definition) is 1. The lowest BCUT2D eigenvalue weighted by molar-refractivity contribution is -0.175. The molecule has 3 saturated carbocycles. The maximum absolute atomic E-state index is 14.5. The highest BCUT2D eigenvalue weighted by atomic mass is 32.2. The molecule has 0 spiro atoms. The van der Waals surface area contributed by atoms with E-state index in [4.69, 9.17) is 0 Å². The van der Waals surface area contributed by atoms with Crippen molar-refractivity contribution < 1.29 is 18.0 Å². The van der Waals surface area contributed by atoms with E-state index in [1.807, 2.05) is 26.0 Å².